The molecule has 34 heavy (non-hydrogen) atoms. The van der Waals surface area contributed by atoms with Gasteiger partial charge in [0.1, 0.15) is 5.82 Å². The average Bonchev–Trinajstić information content (AvgIpc) is 2.85. The molecule has 5 heteroatoms. The second kappa shape index (κ2) is 11.2. The maximum atomic E-state index is 14.9. The van der Waals surface area contributed by atoms with Gasteiger partial charge in [-0.25, -0.2) is 13.2 Å². The van der Waals surface area contributed by atoms with E-state index in [1.807, 2.05) is 26.0 Å². The summed E-state index contributed by atoms with van der Waals surface area (Å²) in [7, 11) is 0. The van der Waals surface area contributed by atoms with Crippen molar-refractivity contribution in [3.63, 3.8) is 0 Å². The first-order valence-corrected chi connectivity index (χ1v) is 11.9. The second-order valence-electron chi connectivity index (χ2n) is 9.01. The largest absolute Gasteiger partial charge is 0.348 e. The normalized spacial score (nSPS) is 25.3. The molecular formula is C29H31F3O2. The maximum absolute atomic E-state index is 14.9. The molecule has 0 bridgehead atoms. The monoisotopic (exact) mass is 468 g/mol. The maximum Gasteiger partial charge on any atom is 0.183 e. The molecule has 1 aliphatic heterocycles. The third-order valence-electron chi connectivity index (χ3n) is 6.25. The topological polar surface area (TPSA) is 18.5 Å². The predicted molar refractivity (Wildman–Crippen MR) is 130 cm³/mol. The molecular weight excluding hydrogens is 437 g/mol. The average molecular weight is 469 g/mol. The zero-order chi connectivity index (χ0) is 24.1. The van der Waals surface area contributed by atoms with Crippen molar-refractivity contribution in [1.29, 1.82) is 0 Å². The van der Waals surface area contributed by atoms with E-state index in [0.717, 1.165) is 6.42 Å². The van der Waals surface area contributed by atoms with Crippen molar-refractivity contribution in [2.24, 2.45) is 5.92 Å². The number of benzene rings is 2. The molecule has 0 aromatic heterocycles. The molecule has 1 fully saturated rings. The van der Waals surface area contributed by atoms with E-state index in [1.165, 1.54) is 6.07 Å². The fourth-order valence-corrected chi connectivity index (χ4v) is 4.28. The van der Waals surface area contributed by atoms with Gasteiger partial charge in [-0.05, 0) is 47.6 Å². The van der Waals surface area contributed by atoms with Crippen molar-refractivity contribution in [2.75, 3.05) is 13.2 Å². The van der Waals surface area contributed by atoms with Crippen molar-refractivity contribution in [3.05, 3.63) is 89.3 Å². The number of hydrogen-bond acceptors (Lipinski definition) is 2. The molecule has 2 aromatic carbocycles. The summed E-state index contributed by atoms with van der Waals surface area (Å²) < 4.78 is 55.8. The van der Waals surface area contributed by atoms with E-state index >= 15 is 0 Å². The van der Waals surface area contributed by atoms with Gasteiger partial charge < -0.3 is 9.47 Å². The molecule has 2 aliphatic rings. The lowest BCUT2D eigenvalue weighted by Crippen LogP contribution is -2.25. The molecule has 0 spiro atoms. The number of halogens is 3. The SMILES string of the molecule is CC/C=C/CCC1=CC=C(c2ccc(-c3ccc(C4OCC(C)CO4)cc3F)cc2)C(F)C1F. The molecule has 2 unspecified atom stereocenters. The zero-order valence-corrected chi connectivity index (χ0v) is 19.6. The second-order valence-corrected chi connectivity index (χ2v) is 9.01. The van der Waals surface area contributed by atoms with Crippen LogP contribution in [0.2, 0.25) is 0 Å². The molecule has 4 rings (SSSR count). The van der Waals surface area contributed by atoms with Crippen molar-refractivity contribution < 1.29 is 22.6 Å². The zero-order valence-electron chi connectivity index (χ0n) is 19.6. The van der Waals surface area contributed by atoms with Gasteiger partial charge in [0.25, 0.3) is 0 Å². The first-order chi connectivity index (χ1) is 16.5. The van der Waals surface area contributed by atoms with Gasteiger partial charge in [0.05, 0.1) is 13.2 Å². The summed E-state index contributed by atoms with van der Waals surface area (Å²) in [5.74, 6) is -0.0652. The van der Waals surface area contributed by atoms with E-state index < -0.39 is 18.6 Å². The van der Waals surface area contributed by atoms with Crippen LogP contribution in [0.25, 0.3) is 16.7 Å². The van der Waals surface area contributed by atoms with Crippen LogP contribution in [0.1, 0.15) is 50.5 Å². The lowest BCUT2D eigenvalue weighted by atomic mass is 9.87. The Hall–Kier alpha value is -2.63. The predicted octanol–water partition coefficient (Wildman–Crippen LogP) is 7.92. The van der Waals surface area contributed by atoms with E-state index in [0.29, 0.717) is 65.4 Å². The molecule has 0 saturated carbocycles. The Kier molecular flexibility index (Phi) is 8.07. The summed E-state index contributed by atoms with van der Waals surface area (Å²) in [5.41, 5.74) is 3.11. The standard InChI is InChI=1S/C29H31F3O2/c1-3-4-5-6-7-22-12-15-25(28(32)27(22)31)21-10-8-20(9-11-21)24-14-13-23(16-26(24)30)29-33-17-19(2)18-34-29/h4-5,8-16,19,27-29H,3,6-7,17-18H2,1-2H3/b5-4+. The number of allylic oxidation sites excluding steroid dienone is 6. The van der Waals surface area contributed by atoms with Crippen LogP contribution in [0.5, 0.6) is 0 Å². The van der Waals surface area contributed by atoms with Crippen molar-refractivity contribution in [2.45, 2.75) is 51.7 Å². The summed E-state index contributed by atoms with van der Waals surface area (Å²) in [6.07, 6.45) is 5.60. The third kappa shape index (κ3) is 5.53. The molecule has 2 atom stereocenters. The van der Waals surface area contributed by atoms with Gasteiger partial charge in [-0.3, -0.25) is 0 Å². The van der Waals surface area contributed by atoms with Gasteiger partial charge >= 0.3 is 0 Å². The minimum Gasteiger partial charge on any atom is -0.348 e. The van der Waals surface area contributed by atoms with Crippen LogP contribution in [-0.2, 0) is 9.47 Å². The highest BCUT2D eigenvalue weighted by Crippen LogP contribution is 2.35. The van der Waals surface area contributed by atoms with Gasteiger partial charge in [0.15, 0.2) is 18.6 Å². The van der Waals surface area contributed by atoms with Crippen LogP contribution in [0.15, 0.2) is 72.3 Å². The fourth-order valence-electron chi connectivity index (χ4n) is 4.28. The van der Waals surface area contributed by atoms with Gasteiger partial charge in [-0.1, -0.05) is 74.5 Å². The van der Waals surface area contributed by atoms with E-state index in [9.17, 15) is 13.2 Å². The first kappa shape index (κ1) is 24.5. The van der Waals surface area contributed by atoms with Crippen molar-refractivity contribution >= 4 is 5.57 Å². The summed E-state index contributed by atoms with van der Waals surface area (Å²) in [6, 6.07) is 11.8. The summed E-state index contributed by atoms with van der Waals surface area (Å²) in [6.45, 7) is 5.23. The Morgan fingerprint density at radius 3 is 2.29 bits per heavy atom. The molecule has 1 heterocycles. The highest BCUT2D eigenvalue weighted by Gasteiger charge is 2.31. The van der Waals surface area contributed by atoms with Gasteiger partial charge in [-0.15, -0.1) is 0 Å². The Labute approximate surface area is 199 Å². The van der Waals surface area contributed by atoms with Crippen molar-refractivity contribution in [3.8, 4) is 11.1 Å². The quantitative estimate of drug-likeness (QED) is 0.384. The number of alkyl halides is 2. The van der Waals surface area contributed by atoms with E-state index in [-0.39, 0.29) is 5.82 Å². The van der Waals surface area contributed by atoms with Crippen LogP contribution in [0.4, 0.5) is 13.2 Å². The Morgan fingerprint density at radius 2 is 1.62 bits per heavy atom. The van der Waals surface area contributed by atoms with E-state index in [1.54, 1.807) is 48.6 Å². The molecule has 180 valence electrons. The molecule has 1 aliphatic carbocycles. The summed E-state index contributed by atoms with van der Waals surface area (Å²) in [4.78, 5) is 0. The Balaban J connectivity index is 1.48. The van der Waals surface area contributed by atoms with Crippen LogP contribution in [-0.4, -0.2) is 25.6 Å². The molecule has 1 saturated heterocycles. The molecule has 2 nitrogen and oxygen atoms in total. The van der Waals surface area contributed by atoms with E-state index in [4.69, 9.17) is 9.47 Å². The van der Waals surface area contributed by atoms with Gasteiger partial charge in [0, 0.05) is 17.0 Å². The molecule has 0 radical (unpaired) electrons. The summed E-state index contributed by atoms with van der Waals surface area (Å²) >= 11 is 0. The summed E-state index contributed by atoms with van der Waals surface area (Å²) in [5, 5.41) is 0. The Bertz CT molecular complexity index is 1060. The van der Waals surface area contributed by atoms with Crippen LogP contribution in [0, 0.1) is 11.7 Å². The van der Waals surface area contributed by atoms with Crippen LogP contribution < -0.4 is 0 Å². The number of hydrogen-bond donors (Lipinski definition) is 0. The minimum atomic E-state index is -1.71. The highest BCUT2D eigenvalue weighted by molar-refractivity contribution is 5.75. The first-order valence-electron chi connectivity index (χ1n) is 11.9. The van der Waals surface area contributed by atoms with Crippen LogP contribution in [0.3, 0.4) is 0 Å². The Morgan fingerprint density at radius 1 is 0.912 bits per heavy atom. The fraction of sp³-hybridized carbons (Fsp3) is 0.379. The van der Waals surface area contributed by atoms with Gasteiger partial charge in [0.2, 0.25) is 0 Å². The lowest BCUT2D eigenvalue weighted by Gasteiger charge is -2.27. The minimum absolute atomic E-state index is 0.309. The molecule has 0 amide bonds. The lowest BCUT2D eigenvalue weighted by molar-refractivity contribution is -0.202. The number of rotatable bonds is 7. The van der Waals surface area contributed by atoms with Crippen LogP contribution >= 0.6 is 0 Å². The van der Waals surface area contributed by atoms with Gasteiger partial charge in [-0.2, -0.15) is 0 Å². The smallest absolute Gasteiger partial charge is 0.183 e. The highest BCUT2D eigenvalue weighted by atomic mass is 19.2. The molecule has 2 aromatic rings. The molecule has 0 N–H and O–H groups in total. The van der Waals surface area contributed by atoms with Crippen molar-refractivity contribution in [1.82, 2.24) is 0 Å². The van der Waals surface area contributed by atoms with E-state index in [2.05, 4.69) is 0 Å². The third-order valence-corrected chi connectivity index (χ3v) is 6.25. The number of ether oxygens (including phenoxy) is 2.